The van der Waals surface area contributed by atoms with Gasteiger partial charge in [-0.15, -0.1) is 13.2 Å². The molecule has 8 heteroatoms. The highest BCUT2D eigenvalue weighted by Gasteiger charge is 2.33. The molecule has 2 atom stereocenters. The zero-order chi connectivity index (χ0) is 15.3. The lowest BCUT2D eigenvalue weighted by molar-refractivity contribution is -0.275. The third-order valence-corrected chi connectivity index (χ3v) is 2.59. The first kappa shape index (κ1) is 16.5. The van der Waals surface area contributed by atoms with Crippen LogP contribution in [0, 0.1) is 0 Å². The Morgan fingerprint density at radius 3 is 2.50 bits per heavy atom. The molecule has 0 aliphatic rings. The van der Waals surface area contributed by atoms with Crippen LogP contribution in [0.4, 0.5) is 13.2 Å². The molecule has 0 spiro atoms. The number of halogens is 3. The maximum absolute atomic E-state index is 12.3. The fourth-order valence-electron chi connectivity index (χ4n) is 1.64. The molecule has 0 saturated heterocycles. The number of aliphatic hydroxyl groups is 2. The number of hydrogen-bond donors (Lipinski definition) is 4. The number of phenolic OH excluding ortho intramolecular Hbond substituents is 1. The van der Waals surface area contributed by atoms with E-state index in [1.54, 1.807) is 7.05 Å². The lowest BCUT2D eigenvalue weighted by Crippen LogP contribution is -2.25. The van der Waals surface area contributed by atoms with Crippen LogP contribution in [0.2, 0.25) is 0 Å². The van der Waals surface area contributed by atoms with E-state index in [0.717, 1.165) is 18.2 Å². The summed E-state index contributed by atoms with van der Waals surface area (Å²) in [7, 11) is 1.63. The fourth-order valence-corrected chi connectivity index (χ4v) is 1.64. The molecule has 2 unspecified atom stereocenters. The van der Waals surface area contributed by atoms with E-state index >= 15 is 0 Å². The van der Waals surface area contributed by atoms with Crippen molar-refractivity contribution in [3.05, 3.63) is 23.8 Å². The highest BCUT2D eigenvalue weighted by atomic mass is 19.4. The van der Waals surface area contributed by atoms with E-state index in [2.05, 4.69) is 10.1 Å². The maximum Gasteiger partial charge on any atom is 0.573 e. The largest absolute Gasteiger partial charge is 0.573 e. The third kappa shape index (κ3) is 4.87. The minimum absolute atomic E-state index is 0.124. The van der Waals surface area contributed by atoms with Gasteiger partial charge in [-0.25, -0.2) is 0 Å². The second-order valence-corrected chi connectivity index (χ2v) is 4.17. The number of rotatable bonds is 6. The number of benzene rings is 1. The number of alkyl halides is 3. The Hall–Kier alpha value is -1.51. The quantitative estimate of drug-likeness (QED) is 0.636. The van der Waals surface area contributed by atoms with Crippen LogP contribution in [0.25, 0.3) is 0 Å². The summed E-state index contributed by atoms with van der Waals surface area (Å²) in [5.74, 6) is -0.999. The fraction of sp³-hybridized carbons (Fsp3) is 0.500. The van der Waals surface area contributed by atoms with Crippen LogP contribution in [0.3, 0.4) is 0 Å². The molecule has 4 N–H and O–H groups in total. The zero-order valence-electron chi connectivity index (χ0n) is 10.7. The molecule has 0 bridgehead atoms. The monoisotopic (exact) mass is 295 g/mol. The van der Waals surface area contributed by atoms with Gasteiger partial charge in [-0.2, -0.15) is 0 Å². The Labute approximate surface area is 113 Å². The topological polar surface area (TPSA) is 82.0 Å². The predicted octanol–water partition coefficient (Wildman–Crippen LogP) is 1.29. The molecule has 114 valence electrons. The number of aliphatic hydroxyl groups excluding tert-OH is 2. The molecule has 0 saturated carbocycles. The van der Waals surface area contributed by atoms with Crippen molar-refractivity contribution in [2.45, 2.75) is 25.0 Å². The normalized spacial score (nSPS) is 14.9. The second-order valence-electron chi connectivity index (χ2n) is 4.17. The van der Waals surface area contributed by atoms with E-state index in [0.29, 0.717) is 6.54 Å². The van der Waals surface area contributed by atoms with Gasteiger partial charge in [-0.1, -0.05) is 0 Å². The third-order valence-electron chi connectivity index (χ3n) is 2.59. The summed E-state index contributed by atoms with van der Waals surface area (Å²) in [6.07, 6.45) is -7.70. The lowest BCUT2D eigenvalue weighted by Gasteiger charge is -2.21. The Morgan fingerprint density at radius 1 is 1.30 bits per heavy atom. The standard InChI is InChI=1S/C12H16F3NO4/c1-16-5-4-9(18)11(19)8-6-7(17)2-3-10(8)20-12(13,14)15/h2-3,6,9,11,16-19H,4-5H2,1H3. The van der Waals surface area contributed by atoms with E-state index in [1.807, 2.05) is 0 Å². The van der Waals surface area contributed by atoms with Gasteiger partial charge in [0.05, 0.1) is 6.10 Å². The van der Waals surface area contributed by atoms with Crippen molar-refractivity contribution in [3.8, 4) is 11.5 Å². The van der Waals surface area contributed by atoms with E-state index < -0.39 is 24.3 Å². The predicted molar refractivity (Wildman–Crippen MR) is 64.3 cm³/mol. The average Bonchev–Trinajstić information content (AvgIpc) is 2.35. The molecule has 0 aliphatic carbocycles. The van der Waals surface area contributed by atoms with Crippen LogP contribution in [0.5, 0.6) is 11.5 Å². The maximum atomic E-state index is 12.3. The number of aromatic hydroxyl groups is 1. The van der Waals surface area contributed by atoms with Crippen LogP contribution in [-0.4, -0.2) is 41.4 Å². The van der Waals surface area contributed by atoms with Crippen molar-refractivity contribution in [2.24, 2.45) is 0 Å². The first-order chi connectivity index (χ1) is 9.24. The molecule has 0 amide bonds. The van der Waals surface area contributed by atoms with Gasteiger partial charge < -0.3 is 25.4 Å². The van der Waals surface area contributed by atoms with Gasteiger partial charge in [0.1, 0.15) is 17.6 Å². The Kier molecular flexibility index (Phi) is 5.61. The van der Waals surface area contributed by atoms with E-state index in [1.165, 1.54) is 0 Å². The number of ether oxygens (including phenoxy) is 1. The first-order valence-electron chi connectivity index (χ1n) is 5.84. The van der Waals surface area contributed by atoms with Crippen molar-refractivity contribution in [1.29, 1.82) is 0 Å². The van der Waals surface area contributed by atoms with E-state index in [9.17, 15) is 28.5 Å². The summed E-state index contributed by atoms with van der Waals surface area (Å²) in [4.78, 5) is 0. The van der Waals surface area contributed by atoms with Crippen molar-refractivity contribution < 1.29 is 33.2 Å². The molecule has 1 rings (SSSR count). The molecule has 0 heterocycles. The summed E-state index contributed by atoms with van der Waals surface area (Å²) in [5, 5.41) is 31.6. The lowest BCUT2D eigenvalue weighted by atomic mass is 10.0. The van der Waals surface area contributed by atoms with Crippen molar-refractivity contribution >= 4 is 0 Å². The van der Waals surface area contributed by atoms with Crippen LogP contribution in [-0.2, 0) is 0 Å². The van der Waals surface area contributed by atoms with Crippen LogP contribution >= 0.6 is 0 Å². The molecule has 5 nitrogen and oxygen atoms in total. The van der Waals surface area contributed by atoms with Gasteiger partial charge in [0.15, 0.2) is 0 Å². The van der Waals surface area contributed by atoms with Gasteiger partial charge >= 0.3 is 6.36 Å². The summed E-state index contributed by atoms with van der Waals surface area (Å²) < 4.78 is 40.5. The summed E-state index contributed by atoms with van der Waals surface area (Å²) in [6.45, 7) is 0.368. The summed E-state index contributed by atoms with van der Waals surface area (Å²) in [5.41, 5.74) is -0.328. The van der Waals surface area contributed by atoms with Gasteiger partial charge in [0.2, 0.25) is 0 Å². The van der Waals surface area contributed by atoms with Gasteiger partial charge in [0.25, 0.3) is 0 Å². The Bertz CT molecular complexity index is 439. The second kappa shape index (κ2) is 6.78. The molecular weight excluding hydrogens is 279 g/mol. The van der Waals surface area contributed by atoms with Crippen LogP contribution in [0.1, 0.15) is 18.1 Å². The number of hydrogen-bond acceptors (Lipinski definition) is 5. The number of nitrogens with one attached hydrogen (secondary N) is 1. The molecule has 0 radical (unpaired) electrons. The number of phenols is 1. The minimum Gasteiger partial charge on any atom is -0.508 e. The smallest absolute Gasteiger partial charge is 0.508 e. The molecule has 1 aromatic rings. The summed E-state index contributed by atoms with van der Waals surface area (Å²) >= 11 is 0. The Balaban J connectivity index is 2.99. The average molecular weight is 295 g/mol. The molecule has 0 aliphatic heterocycles. The summed E-state index contributed by atoms with van der Waals surface area (Å²) in [6, 6.07) is 2.80. The zero-order valence-corrected chi connectivity index (χ0v) is 10.7. The van der Waals surface area contributed by atoms with Gasteiger partial charge in [-0.3, -0.25) is 0 Å². The molecule has 1 aromatic carbocycles. The Morgan fingerprint density at radius 2 is 1.95 bits per heavy atom. The van der Waals surface area contributed by atoms with Crippen LogP contribution in [0.15, 0.2) is 18.2 Å². The molecule has 20 heavy (non-hydrogen) atoms. The van der Waals surface area contributed by atoms with Gasteiger partial charge in [0, 0.05) is 5.56 Å². The SMILES string of the molecule is CNCCC(O)C(O)c1cc(O)ccc1OC(F)(F)F. The molecule has 0 fully saturated rings. The molecular formula is C12H16F3NO4. The van der Waals surface area contributed by atoms with E-state index in [4.69, 9.17) is 0 Å². The first-order valence-corrected chi connectivity index (χ1v) is 5.84. The van der Waals surface area contributed by atoms with Crippen molar-refractivity contribution in [2.75, 3.05) is 13.6 Å². The molecule has 0 aromatic heterocycles. The van der Waals surface area contributed by atoms with Crippen LogP contribution < -0.4 is 10.1 Å². The van der Waals surface area contributed by atoms with Gasteiger partial charge in [-0.05, 0) is 38.2 Å². The highest BCUT2D eigenvalue weighted by molar-refractivity contribution is 5.41. The van der Waals surface area contributed by atoms with E-state index in [-0.39, 0.29) is 17.7 Å². The van der Waals surface area contributed by atoms with Crippen molar-refractivity contribution in [1.82, 2.24) is 5.32 Å². The highest BCUT2D eigenvalue weighted by Crippen LogP contribution is 2.34. The minimum atomic E-state index is -4.93. The van der Waals surface area contributed by atoms with Crippen molar-refractivity contribution in [3.63, 3.8) is 0 Å².